The second-order valence-electron chi connectivity index (χ2n) is 9.21. The molecule has 34 heavy (non-hydrogen) atoms. The van der Waals surface area contributed by atoms with Crippen LogP contribution in [0.1, 0.15) is 77.7 Å². The van der Waals surface area contributed by atoms with Gasteiger partial charge in [0, 0.05) is 29.9 Å². The summed E-state index contributed by atoms with van der Waals surface area (Å²) >= 11 is 0. The van der Waals surface area contributed by atoms with Gasteiger partial charge in [-0.25, -0.2) is 9.97 Å². The summed E-state index contributed by atoms with van der Waals surface area (Å²) in [5.41, 5.74) is 4.32. The van der Waals surface area contributed by atoms with Crippen molar-refractivity contribution in [2.75, 3.05) is 0 Å². The van der Waals surface area contributed by atoms with Crippen molar-refractivity contribution < 1.29 is 9.53 Å². The molecule has 0 N–H and O–H groups in total. The molecule has 3 aromatic rings. The van der Waals surface area contributed by atoms with Gasteiger partial charge >= 0.3 is 5.97 Å². The molecule has 0 radical (unpaired) electrons. The van der Waals surface area contributed by atoms with Crippen LogP contribution in [0.2, 0.25) is 0 Å². The van der Waals surface area contributed by atoms with Crippen LogP contribution in [0.3, 0.4) is 0 Å². The summed E-state index contributed by atoms with van der Waals surface area (Å²) < 4.78 is 5.47. The van der Waals surface area contributed by atoms with Crippen LogP contribution < -0.4 is 4.74 Å². The van der Waals surface area contributed by atoms with Gasteiger partial charge in [-0.1, -0.05) is 89.3 Å². The smallest absolute Gasteiger partial charge is 0.311 e. The molecule has 1 aromatic heterocycles. The van der Waals surface area contributed by atoms with E-state index in [1.165, 1.54) is 31.2 Å². The molecule has 0 saturated heterocycles. The van der Waals surface area contributed by atoms with Crippen molar-refractivity contribution >= 4 is 5.97 Å². The van der Waals surface area contributed by atoms with Gasteiger partial charge in [0.1, 0.15) is 5.75 Å². The Kier molecular flexibility index (Phi) is 10.3. The molecule has 3 rings (SSSR count). The highest BCUT2D eigenvalue weighted by molar-refractivity contribution is 5.73. The average Bonchev–Trinajstić information content (AvgIpc) is 2.87. The number of ether oxygens (including phenoxy) is 1. The number of hydrogen-bond acceptors (Lipinski definition) is 4. The molecule has 0 saturated carbocycles. The third kappa shape index (κ3) is 8.09. The molecule has 4 heteroatoms. The van der Waals surface area contributed by atoms with Crippen LogP contribution in [-0.2, 0) is 11.2 Å². The number of carbonyl (C=O) groups excluding carboxylic acids is 1. The Labute approximate surface area is 204 Å². The first-order chi connectivity index (χ1) is 16.6. The van der Waals surface area contributed by atoms with Gasteiger partial charge in [0.25, 0.3) is 0 Å². The molecule has 0 aliphatic rings. The number of benzene rings is 2. The molecule has 1 heterocycles. The van der Waals surface area contributed by atoms with Crippen molar-refractivity contribution in [3.8, 4) is 28.3 Å². The molecule has 0 aliphatic heterocycles. The van der Waals surface area contributed by atoms with E-state index in [0.717, 1.165) is 48.2 Å². The maximum atomic E-state index is 12.1. The second-order valence-corrected chi connectivity index (χ2v) is 9.21. The molecule has 0 aliphatic carbocycles. The zero-order valence-electron chi connectivity index (χ0n) is 20.9. The molecule has 1 unspecified atom stereocenters. The summed E-state index contributed by atoms with van der Waals surface area (Å²) in [6.45, 7) is 6.63. The lowest BCUT2D eigenvalue weighted by atomic mass is 10.0. The van der Waals surface area contributed by atoms with E-state index in [1.807, 2.05) is 36.7 Å². The molecule has 0 spiro atoms. The SMILES string of the molecule is CCCCCCc1ccc(-c2ncc(-c3ccc(OC(=O)CCCC(C)CC)cc3)cn2)cc1. The lowest BCUT2D eigenvalue weighted by Gasteiger charge is -2.08. The van der Waals surface area contributed by atoms with Crippen molar-refractivity contribution in [1.82, 2.24) is 9.97 Å². The Hall–Kier alpha value is -3.01. The van der Waals surface area contributed by atoms with Crippen LogP contribution in [0.5, 0.6) is 5.75 Å². The van der Waals surface area contributed by atoms with Crippen LogP contribution in [0, 0.1) is 5.92 Å². The van der Waals surface area contributed by atoms with Crippen molar-refractivity contribution in [3.63, 3.8) is 0 Å². The van der Waals surface area contributed by atoms with Crippen LogP contribution >= 0.6 is 0 Å². The molecular weight excluding hydrogens is 420 g/mol. The topological polar surface area (TPSA) is 52.1 Å². The average molecular weight is 459 g/mol. The predicted molar refractivity (Wildman–Crippen MR) is 140 cm³/mol. The van der Waals surface area contributed by atoms with Gasteiger partial charge in [0.2, 0.25) is 0 Å². The summed E-state index contributed by atoms with van der Waals surface area (Å²) in [5, 5.41) is 0. The maximum absolute atomic E-state index is 12.1. The van der Waals surface area contributed by atoms with Crippen LogP contribution in [-0.4, -0.2) is 15.9 Å². The summed E-state index contributed by atoms with van der Waals surface area (Å²) in [6.07, 6.45) is 13.5. The van der Waals surface area contributed by atoms with Gasteiger partial charge in [-0.3, -0.25) is 4.79 Å². The lowest BCUT2D eigenvalue weighted by molar-refractivity contribution is -0.134. The van der Waals surface area contributed by atoms with E-state index in [4.69, 9.17) is 4.74 Å². The number of carbonyl (C=O) groups is 1. The van der Waals surface area contributed by atoms with Gasteiger partial charge in [-0.2, -0.15) is 0 Å². The van der Waals surface area contributed by atoms with Gasteiger partial charge in [-0.15, -0.1) is 0 Å². The fourth-order valence-corrected chi connectivity index (χ4v) is 3.90. The van der Waals surface area contributed by atoms with Crippen molar-refractivity contribution in [3.05, 3.63) is 66.5 Å². The number of hydrogen-bond donors (Lipinski definition) is 0. The third-order valence-electron chi connectivity index (χ3n) is 6.38. The first-order valence-corrected chi connectivity index (χ1v) is 12.8. The zero-order valence-corrected chi connectivity index (χ0v) is 20.9. The molecule has 180 valence electrons. The molecule has 2 aromatic carbocycles. The number of aryl methyl sites for hydroxylation is 1. The standard InChI is InChI=1S/C30H38N2O2/c1-4-6-7-8-11-24-13-15-26(16-14-24)30-31-21-27(22-32-30)25-17-19-28(20-18-25)34-29(33)12-9-10-23(3)5-2/h13-23H,4-12H2,1-3H3. The molecule has 0 fully saturated rings. The molecule has 0 bridgehead atoms. The Balaban J connectivity index is 1.53. The lowest BCUT2D eigenvalue weighted by Crippen LogP contribution is -2.08. The minimum atomic E-state index is -0.171. The Morgan fingerprint density at radius 3 is 2.15 bits per heavy atom. The predicted octanol–water partition coefficient (Wildman–Crippen LogP) is 8.06. The quantitative estimate of drug-likeness (QED) is 0.148. The van der Waals surface area contributed by atoms with E-state index in [2.05, 4.69) is 55.0 Å². The Morgan fingerprint density at radius 1 is 0.824 bits per heavy atom. The third-order valence-corrected chi connectivity index (χ3v) is 6.38. The minimum Gasteiger partial charge on any atom is -0.427 e. The van der Waals surface area contributed by atoms with E-state index in [0.29, 0.717) is 18.1 Å². The Bertz CT molecular complexity index is 995. The number of nitrogens with zero attached hydrogens (tertiary/aromatic N) is 2. The van der Waals surface area contributed by atoms with Crippen molar-refractivity contribution in [2.24, 2.45) is 5.92 Å². The monoisotopic (exact) mass is 458 g/mol. The number of unbranched alkanes of at least 4 members (excludes halogenated alkanes) is 3. The van der Waals surface area contributed by atoms with Crippen molar-refractivity contribution in [2.45, 2.75) is 78.6 Å². The highest BCUT2D eigenvalue weighted by Gasteiger charge is 2.08. The summed E-state index contributed by atoms with van der Waals surface area (Å²) in [4.78, 5) is 21.2. The number of aromatic nitrogens is 2. The van der Waals surface area contributed by atoms with E-state index in [9.17, 15) is 4.79 Å². The van der Waals surface area contributed by atoms with Crippen molar-refractivity contribution in [1.29, 1.82) is 0 Å². The molecule has 0 amide bonds. The first kappa shape index (κ1) is 25.6. The normalized spacial score (nSPS) is 11.9. The Morgan fingerprint density at radius 2 is 1.50 bits per heavy atom. The summed E-state index contributed by atoms with van der Waals surface area (Å²) in [5.74, 6) is 1.78. The van der Waals surface area contributed by atoms with E-state index in [1.54, 1.807) is 0 Å². The van der Waals surface area contributed by atoms with Crippen LogP contribution in [0.15, 0.2) is 60.9 Å². The van der Waals surface area contributed by atoms with Crippen LogP contribution in [0.25, 0.3) is 22.5 Å². The fraction of sp³-hybridized carbons (Fsp3) is 0.433. The van der Waals surface area contributed by atoms with Gasteiger partial charge in [-0.05, 0) is 48.4 Å². The largest absolute Gasteiger partial charge is 0.427 e. The van der Waals surface area contributed by atoms with E-state index >= 15 is 0 Å². The molecular formula is C30H38N2O2. The van der Waals surface area contributed by atoms with E-state index in [-0.39, 0.29) is 5.97 Å². The maximum Gasteiger partial charge on any atom is 0.311 e. The molecule has 1 atom stereocenters. The number of rotatable bonds is 13. The highest BCUT2D eigenvalue weighted by atomic mass is 16.5. The van der Waals surface area contributed by atoms with E-state index < -0.39 is 0 Å². The van der Waals surface area contributed by atoms with Gasteiger partial charge < -0.3 is 4.74 Å². The zero-order chi connectivity index (χ0) is 24.2. The first-order valence-electron chi connectivity index (χ1n) is 12.8. The highest BCUT2D eigenvalue weighted by Crippen LogP contribution is 2.24. The van der Waals surface area contributed by atoms with Gasteiger partial charge in [0.05, 0.1) is 0 Å². The van der Waals surface area contributed by atoms with Crippen LogP contribution in [0.4, 0.5) is 0 Å². The minimum absolute atomic E-state index is 0.171. The number of esters is 1. The fourth-order valence-electron chi connectivity index (χ4n) is 3.90. The molecule has 4 nitrogen and oxygen atoms in total. The second kappa shape index (κ2) is 13.6. The summed E-state index contributed by atoms with van der Waals surface area (Å²) in [7, 11) is 0. The summed E-state index contributed by atoms with van der Waals surface area (Å²) in [6, 6.07) is 16.1. The van der Waals surface area contributed by atoms with Gasteiger partial charge in [0.15, 0.2) is 5.82 Å².